The molecule has 0 radical (unpaired) electrons. The molecule has 0 fully saturated rings. The average molecular weight is 375 g/mol. The first-order chi connectivity index (χ1) is 12.5. The van der Waals surface area contributed by atoms with Crippen LogP contribution in [0.2, 0.25) is 0 Å². The molecule has 8 heteroatoms. The molecule has 26 heavy (non-hydrogen) atoms. The second-order valence-corrected chi connectivity index (χ2v) is 5.97. The topological polar surface area (TPSA) is 66.3 Å². The second kappa shape index (κ2) is 7.49. The molecule has 0 saturated carbocycles. The van der Waals surface area contributed by atoms with E-state index in [4.69, 9.17) is 16.6 Å². The number of halogens is 2. The van der Waals surface area contributed by atoms with Crippen LogP contribution in [0.5, 0.6) is 0 Å². The van der Waals surface area contributed by atoms with E-state index in [0.29, 0.717) is 17.5 Å². The Morgan fingerprint density at radius 2 is 1.85 bits per heavy atom. The average Bonchev–Trinajstić information content (AvgIpc) is 2.98. The van der Waals surface area contributed by atoms with Crippen molar-refractivity contribution >= 4 is 34.2 Å². The molecule has 1 heterocycles. The highest BCUT2D eigenvalue weighted by Crippen LogP contribution is 2.26. The molecule has 1 amide bonds. The van der Waals surface area contributed by atoms with Gasteiger partial charge in [0.15, 0.2) is 22.3 Å². The van der Waals surface area contributed by atoms with Crippen LogP contribution >= 0.6 is 12.2 Å². The van der Waals surface area contributed by atoms with Gasteiger partial charge in [-0.2, -0.15) is 0 Å². The zero-order chi connectivity index (χ0) is 18.7. The van der Waals surface area contributed by atoms with Crippen molar-refractivity contribution in [2.24, 2.45) is 0 Å². The highest BCUT2D eigenvalue weighted by atomic mass is 32.1. The lowest BCUT2D eigenvalue weighted by molar-refractivity contribution is 0.0917. The number of carbonyl (C=O) groups excluding carboxylic acids is 1. The number of nitrogens with one attached hydrogen (secondary N) is 3. The van der Waals surface area contributed by atoms with Crippen LogP contribution in [-0.2, 0) is 6.54 Å². The first-order valence-corrected chi connectivity index (χ1v) is 8.13. The lowest BCUT2D eigenvalue weighted by Crippen LogP contribution is -2.46. The minimum Gasteiger partial charge on any atom is -0.447 e. The van der Waals surface area contributed by atoms with Gasteiger partial charge < -0.3 is 9.73 Å². The minimum absolute atomic E-state index is 0.000986. The third kappa shape index (κ3) is 3.80. The van der Waals surface area contributed by atoms with Gasteiger partial charge in [0.2, 0.25) is 0 Å². The number of hydrogen-bond acceptors (Lipinski definition) is 3. The van der Waals surface area contributed by atoms with Gasteiger partial charge in [-0.05, 0) is 42.9 Å². The molecule has 0 atom stereocenters. The smallest absolute Gasteiger partial charge is 0.305 e. The standard InChI is InChI=1S/C18H15F2N3O2S/c1-10-13-3-2-4-14(20)16(13)25-15(10)17(24)22-23-18(26)21-9-11-5-7-12(19)8-6-11/h2-8H,9H2,1H3,(H,22,24)(H2,21,23,26). The van der Waals surface area contributed by atoms with Crippen molar-refractivity contribution in [1.82, 2.24) is 16.2 Å². The molecule has 134 valence electrons. The zero-order valence-corrected chi connectivity index (χ0v) is 14.5. The maximum atomic E-state index is 13.7. The number of fused-ring (bicyclic) bond motifs is 1. The first kappa shape index (κ1) is 17.8. The highest BCUT2D eigenvalue weighted by molar-refractivity contribution is 7.80. The van der Waals surface area contributed by atoms with Crippen molar-refractivity contribution < 1.29 is 18.0 Å². The fourth-order valence-corrected chi connectivity index (χ4v) is 2.55. The highest BCUT2D eigenvalue weighted by Gasteiger charge is 2.19. The number of rotatable bonds is 3. The van der Waals surface area contributed by atoms with Gasteiger partial charge in [-0.3, -0.25) is 15.6 Å². The molecule has 3 rings (SSSR count). The summed E-state index contributed by atoms with van der Waals surface area (Å²) in [6.07, 6.45) is 0. The molecule has 1 aromatic heterocycles. The second-order valence-electron chi connectivity index (χ2n) is 5.56. The van der Waals surface area contributed by atoms with Crippen molar-refractivity contribution in [3.05, 3.63) is 71.0 Å². The number of benzene rings is 2. The fourth-order valence-electron chi connectivity index (χ4n) is 2.42. The van der Waals surface area contributed by atoms with Gasteiger partial charge in [-0.1, -0.05) is 24.3 Å². The molecule has 0 aliphatic heterocycles. The molecular formula is C18H15F2N3O2S. The number of amides is 1. The Labute approximate surface area is 153 Å². The van der Waals surface area contributed by atoms with Crippen molar-refractivity contribution in [1.29, 1.82) is 0 Å². The lowest BCUT2D eigenvalue weighted by atomic mass is 10.1. The molecule has 0 saturated heterocycles. The van der Waals surface area contributed by atoms with Gasteiger partial charge in [0.05, 0.1) is 0 Å². The molecule has 0 unspecified atom stereocenters. The molecule has 0 spiro atoms. The molecule has 3 N–H and O–H groups in total. The van der Waals surface area contributed by atoms with Crippen LogP contribution in [0.15, 0.2) is 46.9 Å². The maximum absolute atomic E-state index is 13.7. The predicted molar refractivity (Wildman–Crippen MR) is 97.3 cm³/mol. The summed E-state index contributed by atoms with van der Waals surface area (Å²) in [6, 6.07) is 10.4. The number of aryl methyl sites for hydroxylation is 1. The maximum Gasteiger partial charge on any atom is 0.305 e. The molecule has 0 aliphatic rings. The first-order valence-electron chi connectivity index (χ1n) is 7.72. The number of hydrogen-bond donors (Lipinski definition) is 3. The molecule has 0 bridgehead atoms. The van der Waals surface area contributed by atoms with Crippen LogP contribution in [0.1, 0.15) is 21.7 Å². The third-order valence-electron chi connectivity index (χ3n) is 3.78. The quantitative estimate of drug-likeness (QED) is 0.484. The third-order valence-corrected chi connectivity index (χ3v) is 4.02. The van der Waals surface area contributed by atoms with E-state index in [0.717, 1.165) is 5.56 Å². The SMILES string of the molecule is Cc1c(C(=O)NNC(=S)NCc2ccc(F)cc2)oc2c(F)cccc12. The Morgan fingerprint density at radius 1 is 1.12 bits per heavy atom. The van der Waals surface area contributed by atoms with Crippen molar-refractivity contribution in [3.8, 4) is 0 Å². The number of para-hydroxylation sites is 1. The Balaban J connectivity index is 1.58. The number of thiocarbonyl (C=S) groups is 1. The summed E-state index contributed by atoms with van der Waals surface area (Å²) in [5.41, 5.74) is 6.33. The normalized spacial score (nSPS) is 10.6. The van der Waals surface area contributed by atoms with Crippen molar-refractivity contribution in [3.63, 3.8) is 0 Å². The van der Waals surface area contributed by atoms with Gasteiger partial charge in [-0.15, -0.1) is 0 Å². The van der Waals surface area contributed by atoms with Crippen LogP contribution in [0, 0.1) is 18.6 Å². The van der Waals surface area contributed by atoms with Crippen LogP contribution in [-0.4, -0.2) is 11.0 Å². The van der Waals surface area contributed by atoms with Crippen molar-refractivity contribution in [2.75, 3.05) is 0 Å². The summed E-state index contributed by atoms with van der Waals surface area (Å²) >= 11 is 5.06. The van der Waals surface area contributed by atoms with Gasteiger partial charge in [0, 0.05) is 17.5 Å². The Bertz CT molecular complexity index is 970. The summed E-state index contributed by atoms with van der Waals surface area (Å²) < 4.78 is 31.9. The molecule has 0 aliphatic carbocycles. The zero-order valence-electron chi connectivity index (χ0n) is 13.7. The fraction of sp³-hybridized carbons (Fsp3) is 0.111. The summed E-state index contributed by atoms with van der Waals surface area (Å²) in [6.45, 7) is 2.03. The predicted octanol–water partition coefficient (Wildman–Crippen LogP) is 3.33. The number of hydrazine groups is 1. The van der Waals surface area contributed by atoms with Crippen LogP contribution in [0.25, 0.3) is 11.0 Å². The van der Waals surface area contributed by atoms with Crippen LogP contribution in [0.4, 0.5) is 8.78 Å². The Kier molecular flexibility index (Phi) is 5.13. The van der Waals surface area contributed by atoms with E-state index in [-0.39, 0.29) is 22.3 Å². The van der Waals surface area contributed by atoms with Crippen LogP contribution in [0.3, 0.4) is 0 Å². The monoisotopic (exact) mass is 375 g/mol. The van der Waals surface area contributed by atoms with Gasteiger partial charge in [0.1, 0.15) is 5.82 Å². The van der Waals surface area contributed by atoms with E-state index in [1.54, 1.807) is 31.2 Å². The molecule has 2 aromatic carbocycles. The van der Waals surface area contributed by atoms with E-state index < -0.39 is 11.7 Å². The van der Waals surface area contributed by atoms with E-state index in [9.17, 15) is 13.6 Å². The van der Waals surface area contributed by atoms with E-state index in [1.165, 1.54) is 18.2 Å². The summed E-state index contributed by atoms with van der Waals surface area (Å²) in [7, 11) is 0. The van der Waals surface area contributed by atoms with Crippen LogP contribution < -0.4 is 16.2 Å². The molecule has 5 nitrogen and oxygen atoms in total. The van der Waals surface area contributed by atoms with E-state index in [1.807, 2.05) is 0 Å². The Morgan fingerprint density at radius 3 is 2.54 bits per heavy atom. The lowest BCUT2D eigenvalue weighted by Gasteiger charge is -2.11. The van der Waals surface area contributed by atoms with Gasteiger partial charge in [-0.25, -0.2) is 8.78 Å². The Hall–Kier alpha value is -3.00. The summed E-state index contributed by atoms with van der Waals surface area (Å²) in [5.74, 6) is -1.43. The number of carbonyl (C=O) groups is 1. The van der Waals surface area contributed by atoms with E-state index in [2.05, 4.69) is 16.2 Å². The largest absolute Gasteiger partial charge is 0.447 e. The molecular weight excluding hydrogens is 360 g/mol. The summed E-state index contributed by atoms with van der Waals surface area (Å²) in [5, 5.41) is 3.57. The van der Waals surface area contributed by atoms with Crippen molar-refractivity contribution in [2.45, 2.75) is 13.5 Å². The van der Waals surface area contributed by atoms with Gasteiger partial charge >= 0.3 is 5.91 Å². The summed E-state index contributed by atoms with van der Waals surface area (Å²) in [4.78, 5) is 12.2. The minimum atomic E-state index is -0.580. The van der Waals surface area contributed by atoms with Gasteiger partial charge in [0.25, 0.3) is 0 Å². The van der Waals surface area contributed by atoms with E-state index >= 15 is 0 Å². The molecule has 3 aromatic rings. The number of furan rings is 1.